The number of ether oxygens (including phenoxy) is 1. The normalized spacial score (nSPS) is 11.9. The molecule has 1 aromatic rings. The van der Waals surface area contributed by atoms with Crippen LogP contribution in [-0.2, 0) is 20.6 Å². The lowest BCUT2D eigenvalue weighted by atomic mass is 9.76. The van der Waals surface area contributed by atoms with E-state index < -0.39 is 5.82 Å². The first-order chi connectivity index (χ1) is 8.17. The van der Waals surface area contributed by atoms with E-state index in [1.165, 1.54) is 14.6 Å². The smallest absolute Gasteiger partial charge is 0.309 e. The number of esters is 1. The molecule has 6 heteroatoms. The molecule has 0 saturated heterocycles. The highest BCUT2D eigenvalue weighted by Gasteiger charge is 2.22. The SMILES string of the molecule is COC(=O)[C@@H]([B]OCN)Cc1ccc(O)cc1. The van der Waals surface area contributed by atoms with Crippen molar-refractivity contribution in [1.29, 1.82) is 0 Å². The predicted octanol–water partition coefficient (Wildman–Crippen LogP) is 0.448. The Bertz CT molecular complexity index is 355. The molecule has 0 aromatic heterocycles. The van der Waals surface area contributed by atoms with Gasteiger partial charge in [0.1, 0.15) is 5.75 Å². The number of aromatic hydroxyl groups is 1. The summed E-state index contributed by atoms with van der Waals surface area (Å²) in [5.74, 6) is -0.704. The molecule has 5 nitrogen and oxygen atoms in total. The molecule has 0 heterocycles. The molecule has 91 valence electrons. The summed E-state index contributed by atoms with van der Waals surface area (Å²) in [4.78, 5) is 11.5. The Morgan fingerprint density at radius 3 is 2.65 bits per heavy atom. The minimum atomic E-state index is -0.506. The number of benzene rings is 1. The lowest BCUT2D eigenvalue weighted by Gasteiger charge is -2.12. The number of phenols is 1. The molecule has 0 saturated carbocycles. The molecule has 1 atom stereocenters. The molecule has 0 bridgehead atoms. The van der Waals surface area contributed by atoms with Gasteiger partial charge >= 0.3 is 13.5 Å². The summed E-state index contributed by atoms with van der Waals surface area (Å²) in [6, 6.07) is 6.60. The molecule has 0 aliphatic heterocycles. The van der Waals surface area contributed by atoms with Crippen molar-refractivity contribution < 1.29 is 19.3 Å². The van der Waals surface area contributed by atoms with Crippen molar-refractivity contribution >= 4 is 13.5 Å². The van der Waals surface area contributed by atoms with E-state index in [9.17, 15) is 4.79 Å². The number of rotatable bonds is 6. The fourth-order valence-electron chi connectivity index (χ4n) is 1.40. The maximum atomic E-state index is 11.5. The topological polar surface area (TPSA) is 81.8 Å². The first-order valence-electron chi connectivity index (χ1n) is 5.18. The first kappa shape index (κ1) is 13.5. The van der Waals surface area contributed by atoms with E-state index in [0.717, 1.165) is 5.56 Å². The summed E-state index contributed by atoms with van der Waals surface area (Å²) >= 11 is 0. The van der Waals surface area contributed by atoms with Gasteiger partial charge in [0.25, 0.3) is 0 Å². The summed E-state index contributed by atoms with van der Waals surface area (Å²) in [6.07, 6.45) is 0.437. The van der Waals surface area contributed by atoms with Crippen molar-refractivity contribution in [1.82, 2.24) is 0 Å². The summed E-state index contributed by atoms with van der Waals surface area (Å²) in [7, 11) is 2.70. The number of methoxy groups -OCH3 is 1. The number of phenolic OH excluding ortho intramolecular Hbond substituents is 1. The molecule has 1 aromatic carbocycles. The third-order valence-electron chi connectivity index (χ3n) is 2.25. The van der Waals surface area contributed by atoms with Crippen LogP contribution in [0.1, 0.15) is 5.56 Å². The van der Waals surface area contributed by atoms with Gasteiger partial charge in [-0.3, -0.25) is 4.79 Å². The van der Waals surface area contributed by atoms with Crippen LogP contribution >= 0.6 is 0 Å². The summed E-state index contributed by atoms with van der Waals surface area (Å²) in [5.41, 5.74) is 6.09. The highest BCUT2D eigenvalue weighted by molar-refractivity contribution is 6.36. The average molecular weight is 236 g/mol. The van der Waals surface area contributed by atoms with Gasteiger partial charge in [-0.25, -0.2) is 0 Å². The molecule has 0 spiro atoms. The maximum absolute atomic E-state index is 11.5. The van der Waals surface area contributed by atoms with Crippen molar-refractivity contribution in [3.8, 4) is 5.75 Å². The van der Waals surface area contributed by atoms with Crippen LogP contribution in [0.2, 0.25) is 5.82 Å². The monoisotopic (exact) mass is 236 g/mol. The van der Waals surface area contributed by atoms with Gasteiger partial charge < -0.3 is 20.2 Å². The molecule has 3 N–H and O–H groups in total. The Balaban J connectivity index is 2.64. The van der Waals surface area contributed by atoms with E-state index in [4.69, 9.17) is 15.5 Å². The van der Waals surface area contributed by atoms with Gasteiger partial charge in [0.15, 0.2) is 0 Å². The van der Waals surface area contributed by atoms with Crippen LogP contribution in [0.25, 0.3) is 0 Å². The fraction of sp³-hybridized carbons (Fsp3) is 0.364. The minimum absolute atomic E-state index is 0.0169. The molecular formula is C11H15BNO4. The van der Waals surface area contributed by atoms with E-state index in [1.54, 1.807) is 24.3 Å². The van der Waals surface area contributed by atoms with Crippen molar-refractivity contribution in [3.05, 3.63) is 29.8 Å². The van der Waals surface area contributed by atoms with Crippen LogP contribution in [0.4, 0.5) is 0 Å². The first-order valence-corrected chi connectivity index (χ1v) is 5.18. The number of nitrogens with two attached hydrogens (primary N) is 1. The molecule has 17 heavy (non-hydrogen) atoms. The Hall–Kier alpha value is -1.53. The van der Waals surface area contributed by atoms with Gasteiger partial charge in [-0.1, -0.05) is 12.1 Å². The highest BCUT2D eigenvalue weighted by atomic mass is 16.5. The van der Waals surface area contributed by atoms with E-state index in [2.05, 4.69) is 4.74 Å². The van der Waals surface area contributed by atoms with E-state index in [-0.39, 0.29) is 18.4 Å². The summed E-state index contributed by atoms with van der Waals surface area (Å²) in [6.45, 7) is 0.0169. The molecule has 0 fully saturated rings. The van der Waals surface area contributed by atoms with Crippen LogP contribution in [0.15, 0.2) is 24.3 Å². The van der Waals surface area contributed by atoms with E-state index in [1.807, 2.05) is 0 Å². The number of hydrogen-bond acceptors (Lipinski definition) is 5. The van der Waals surface area contributed by atoms with Gasteiger partial charge in [0.2, 0.25) is 0 Å². The van der Waals surface area contributed by atoms with Crippen LogP contribution in [-0.4, -0.2) is 32.4 Å². The molecule has 0 aliphatic carbocycles. The Kier molecular flexibility index (Phi) is 5.52. The highest BCUT2D eigenvalue weighted by Crippen LogP contribution is 2.17. The minimum Gasteiger partial charge on any atom is -0.508 e. The Labute approximate surface area is 101 Å². The molecule has 0 unspecified atom stereocenters. The van der Waals surface area contributed by atoms with Crippen LogP contribution in [0.3, 0.4) is 0 Å². The third kappa shape index (κ3) is 4.46. The van der Waals surface area contributed by atoms with Gasteiger partial charge in [-0.2, -0.15) is 0 Å². The zero-order chi connectivity index (χ0) is 12.7. The van der Waals surface area contributed by atoms with Crippen LogP contribution in [0, 0.1) is 0 Å². The van der Waals surface area contributed by atoms with Crippen molar-refractivity contribution in [2.45, 2.75) is 12.2 Å². The van der Waals surface area contributed by atoms with Gasteiger partial charge in [-0.05, 0) is 24.1 Å². The quantitative estimate of drug-likeness (QED) is 0.425. The number of carbonyl (C=O) groups excluding carboxylic acids is 1. The van der Waals surface area contributed by atoms with E-state index in [0.29, 0.717) is 6.42 Å². The van der Waals surface area contributed by atoms with Crippen molar-refractivity contribution in [3.63, 3.8) is 0 Å². The lowest BCUT2D eigenvalue weighted by Crippen LogP contribution is -2.23. The zero-order valence-corrected chi connectivity index (χ0v) is 9.63. The lowest BCUT2D eigenvalue weighted by molar-refractivity contribution is -0.140. The number of carbonyl (C=O) groups is 1. The zero-order valence-electron chi connectivity index (χ0n) is 9.63. The van der Waals surface area contributed by atoms with Gasteiger partial charge in [-0.15, -0.1) is 0 Å². The van der Waals surface area contributed by atoms with Crippen molar-refractivity contribution in [2.24, 2.45) is 5.73 Å². The second kappa shape index (κ2) is 6.93. The van der Waals surface area contributed by atoms with E-state index >= 15 is 0 Å². The number of hydrogen-bond donors (Lipinski definition) is 2. The summed E-state index contributed by atoms with van der Waals surface area (Å²) < 4.78 is 9.58. The van der Waals surface area contributed by atoms with Crippen LogP contribution < -0.4 is 5.73 Å². The second-order valence-electron chi connectivity index (χ2n) is 3.47. The Morgan fingerprint density at radius 1 is 1.47 bits per heavy atom. The summed E-state index contributed by atoms with van der Waals surface area (Å²) in [5, 5.41) is 9.15. The molecular weight excluding hydrogens is 221 g/mol. The Morgan fingerprint density at radius 2 is 2.12 bits per heavy atom. The van der Waals surface area contributed by atoms with Crippen LogP contribution in [0.5, 0.6) is 5.75 Å². The molecule has 0 amide bonds. The predicted molar refractivity (Wildman–Crippen MR) is 63.5 cm³/mol. The van der Waals surface area contributed by atoms with Gasteiger partial charge in [0.05, 0.1) is 19.7 Å². The molecule has 0 aliphatic rings. The standard InChI is InChI=1S/C11H15BNO4/c1-16-11(15)10(12-17-7-13)6-8-2-4-9(14)5-3-8/h2-5,10,14H,6-7,13H2,1H3/t10-/m0/s1. The molecule has 1 rings (SSSR count). The van der Waals surface area contributed by atoms with Gasteiger partial charge in [0, 0.05) is 0 Å². The van der Waals surface area contributed by atoms with Crippen molar-refractivity contribution in [2.75, 3.05) is 13.8 Å². The average Bonchev–Trinajstić information content (AvgIpc) is 2.36. The fourth-order valence-corrected chi connectivity index (χ4v) is 1.40. The third-order valence-corrected chi connectivity index (χ3v) is 2.25. The largest absolute Gasteiger partial charge is 0.508 e. The maximum Gasteiger partial charge on any atom is 0.309 e. The molecule has 1 radical (unpaired) electrons. The second-order valence-corrected chi connectivity index (χ2v) is 3.47.